The van der Waals surface area contributed by atoms with E-state index < -0.39 is 18.0 Å². The number of carbonyl (C=O) groups is 2. The summed E-state index contributed by atoms with van der Waals surface area (Å²) in [7, 11) is 1.26. The van der Waals surface area contributed by atoms with Gasteiger partial charge in [0.05, 0.1) is 12.7 Å². The zero-order valence-corrected chi connectivity index (χ0v) is 11.4. The molecule has 0 aliphatic rings. The minimum atomic E-state index is -0.809. The van der Waals surface area contributed by atoms with Crippen LogP contribution in [0.25, 0.3) is 0 Å². The maximum atomic E-state index is 11.5. The minimum absolute atomic E-state index is 0.0990. The molecule has 1 atom stereocenters. The van der Waals surface area contributed by atoms with Crippen LogP contribution in [0.5, 0.6) is 0 Å². The van der Waals surface area contributed by atoms with Gasteiger partial charge in [-0.2, -0.15) is 0 Å². The Morgan fingerprint density at radius 1 is 1.26 bits per heavy atom. The Kier molecular flexibility index (Phi) is 5.30. The topological polar surface area (TPSA) is 52.6 Å². The van der Waals surface area contributed by atoms with Crippen molar-refractivity contribution in [3.05, 3.63) is 47.5 Å². The average Bonchev–Trinajstić information content (AvgIpc) is 2.43. The van der Waals surface area contributed by atoms with Crippen molar-refractivity contribution >= 4 is 11.9 Å². The molecule has 1 aromatic carbocycles. The summed E-state index contributed by atoms with van der Waals surface area (Å²) < 4.78 is 9.77. The first-order chi connectivity index (χ1) is 8.99. The molecule has 19 heavy (non-hydrogen) atoms. The molecule has 0 N–H and O–H groups in total. The van der Waals surface area contributed by atoms with Gasteiger partial charge in [0, 0.05) is 6.92 Å². The number of benzene rings is 1. The monoisotopic (exact) mass is 262 g/mol. The van der Waals surface area contributed by atoms with Crippen LogP contribution in [0, 0.1) is 0 Å². The summed E-state index contributed by atoms with van der Waals surface area (Å²) in [5.74, 6) is -1.07. The molecule has 0 spiro atoms. The molecule has 4 nitrogen and oxygen atoms in total. The van der Waals surface area contributed by atoms with Crippen molar-refractivity contribution in [2.24, 2.45) is 0 Å². The Labute approximate surface area is 113 Å². The molecule has 1 rings (SSSR count). The van der Waals surface area contributed by atoms with Crippen LogP contribution in [-0.2, 0) is 25.5 Å². The zero-order chi connectivity index (χ0) is 14.4. The maximum Gasteiger partial charge on any atom is 0.337 e. The Bertz CT molecular complexity index is 473. The van der Waals surface area contributed by atoms with Crippen LogP contribution in [0.2, 0.25) is 0 Å². The van der Waals surface area contributed by atoms with Gasteiger partial charge in [-0.3, -0.25) is 4.79 Å². The van der Waals surface area contributed by atoms with E-state index in [2.05, 4.69) is 11.3 Å². The standard InChI is InChI=1S/C15H18O4/c1-5-12-6-8-13(9-7-12)14(19-11(3)16)10(2)15(17)18-4/h6-9,14H,2,5H2,1,3-4H3. The van der Waals surface area contributed by atoms with Crippen molar-refractivity contribution < 1.29 is 19.1 Å². The largest absolute Gasteiger partial charge is 0.466 e. The van der Waals surface area contributed by atoms with Crippen LogP contribution in [0.4, 0.5) is 0 Å². The van der Waals surface area contributed by atoms with E-state index in [0.29, 0.717) is 5.56 Å². The molecule has 0 amide bonds. The SMILES string of the molecule is C=C(C(=O)OC)C(OC(C)=O)c1ccc(CC)cc1. The van der Waals surface area contributed by atoms with Crippen LogP contribution in [0.1, 0.15) is 31.1 Å². The molecule has 0 heterocycles. The van der Waals surface area contributed by atoms with Crippen molar-refractivity contribution in [3.8, 4) is 0 Å². The lowest BCUT2D eigenvalue weighted by Gasteiger charge is -2.18. The lowest BCUT2D eigenvalue weighted by molar-refractivity contribution is -0.147. The third-order valence-corrected chi connectivity index (χ3v) is 2.74. The highest BCUT2D eigenvalue weighted by atomic mass is 16.6. The predicted molar refractivity (Wildman–Crippen MR) is 71.5 cm³/mol. The van der Waals surface area contributed by atoms with E-state index in [-0.39, 0.29) is 5.57 Å². The molecular formula is C15H18O4. The smallest absolute Gasteiger partial charge is 0.337 e. The molecule has 0 aliphatic heterocycles. The molecule has 0 aliphatic carbocycles. The highest BCUT2D eigenvalue weighted by molar-refractivity contribution is 5.89. The summed E-state index contributed by atoms with van der Waals surface area (Å²) in [6.07, 6.45) is 0.104. The Hall–Kier alpha value is -2.10. The first-order valence-electron chi connectivity index (χ1n) is 6.02. The van der Waals surface area contributed by atoms with Crippen LogP contribution in [0.15, 0.2) is 36.4 Å². The van der Waals surface area contributed by atoms with Gasteiger partial charge in [-0.1, -0.05) is 37.8 Å². The lowest BCUT2D eigenvalue weighted by Crippen LogP contribution is -2.17. The van der Waals surface area contributed by atoms with Gasteiger partial charge >= 0.3 is 11.9 Å². The van der Waals surface area contributed by atoms with E-state index in [0.717, 1.165) is 12.0 Å². The van der Waals surface area contributed by atoms with Crippen LogP contribution in [0.3, 0.4) is 0 Å². The Balaban J connectivity index is 3.04. The van der Waals surface area contributed by atoms with Crippen molar-refractivity contribution in [1.29, 1.82) is 0 Å². The van der Waals surface area contributed by atoms with Crippen molar-refractivity contribution in [1.82, 2.24) is 0 Å². The predicted octanol–water partition coefficient (Wildman–Crippen LogP) is 2.58. The van der Waals surface area contributed by atoms with Gasteiger partial charge in [0.15, 0.2) is 6.10 Å². The summed E-state index contributed by atoms with van der Waals surface area (Å²) in [6, 6.07) is 7.49. The summed E-state index contributed by atoms with van der Waals surface area (Å²) >= 11 is 0. The summed E-state index contributed by atoms with van der Waals surface area (Å²) in [6.45, 7) is 6.98. The fraction of sp³-hybridized carbons (Fsp3) is 0.333. The number of methoxy groups -OCH3 is 1. The third kappa shape index (κ3) is 3.95. The second-order valence-corrected chi connectivity index (χ2v) is 4.10. The molecule has 1 aromatic rings. The molecule has 4 heteroatoms. The van der Waals surface area contributed by atoms with Crippen molar-refractivity contribution in [2.75, 3.05) is 7.11 Å². The fourth-order valence-electron chi connectivity index (χ4n) is 1.67. The number of ether oxygens (including phenoxy) is 2. The fourth-order valence-corrected chi connectivity index (χ4v) is 1.67. The number of rotatable bonds is 5. The van der Waals surface area contributed by atoms with Gasteiger partial charge < -0.3 is 9.47 Å². The van der Waals surface area contributed by atoms with Gasteiger partial charge in [0.25, 0.3) is 0 Å². The van der Waals surface area contributed by atoms with E-state index in [9.17, 15) is 9.59 Å². The van der Waals surface area contributed by atoms with Gasteiger partial charge in [0.2, 0.25) is 0 Å². The molecular weight excluding hydrogens is 244 g/mol. The normalized spacial score (nSPS) is 11.5. The first kappa shape index (κ1) is 15.0. The van der Waals surface area contributed by atoms with Gasteiger partial charge in [-0.15, -0.1) is 0 Å². The Morgan fingerprint density at radius 2 is 1.84 bits per heavy atom. The van der Waals surface area contributed by atoms with Crippen molar-refractivity contribution in [3.63, 3.8) is 0 Å². The second kappa shape index (κ2) is 6.73. The summed E-state index contributed by atoms with van der Waals surface area (Å²) in [4.78, 5) is 22.7. The summed E-state index contributed by atoms with van der Waals surface area (Å²) in [5, 5.41) is 0. The first-order valence-corrected chi connectivity index (χ1v) is 6.02. The van der Waals surface area contributed by atoms with Gasteiger partial charge in [0.1, 0.15) is 0 Å². The molecule has 0 fully saturated rings. The highest BCUT2D eigenvalue weighted by Crippen LogP contribution is 2.26. The molecule has 102 valence electrons. The zero-order valence-electron chi connectivity index (χ0n) is 11.4. The molecule has 1 unspecified atom stereocenters. The number of carbonyl (C=O) groups excluding carboxylic acids is 2. The second-order valence-electron chi connectivity index (χ2n) is 4.10. The maximum absolute atomic E-state index is 11.5. The number of esters is 2. The molecule has 0 radical (unpaired) electrons. The van der Waals surface area contributed by atoms with E-state index in [1.807, 2.05) is 31.2 Å². The van der Waals surface area contributed by atoms with E-state index in [4.69, 9.17) is 4.74 Å². The van der Waals surface area contributed by atoms with Crippen LogP contribution in [-0.4, -0.2) is 19.0 Å². The molecule has 0 aromatic heterocycles. The lowest BCUT2D eigenvalue weighted by atomic mass is 10.0. The number of hydrogen-bond donors (Lipinski definition) is 0. The van der Waals surface area contributed by atoms with E-state index in [1.165, 1.54) is 14.0 Å². The van der Waals surface area contributed by atoms with Gasteiger partial charge in [-0.05, 0) is 17.5 Å². The molecule has 0 saturated carbocycles. The number of hydrogen-bond acceptors (Lipinski definition) is 4. The average molecular weight is 262 g/mol. The highest BCUT2D eigenvalue weighted by Gasteiger charge is 2.24. The summed E-state index contributed by atoms with van der Waals surface area (Å²) in [5.41, 5.74) is 1.96. The molecule has 0 saturated heterocycles. The van der Waals surface area contributed by atoms with Crippen molar-refractivity contribution in [2.45, 2.75) is 26.4 Å². The third-order valence-electron chi connectivity index (χ3n) is 2.74. The van der Waals surface area contributed by atoms with Crippen LogP contribution < -0.4 is 0 Å². The van der Waals surface area contributed by atoms with E-state index >= 15 is 0 Å². The minimum Gasteiger partial charge on any atom is -0.466 e. The molecule has 0 bridgehead atoms. The van der Waals surface area contributed by atoms with Crippen LogP contribution >= 0.6 is 0 Å². The Morgan fingerprint density at radius 3 is 2.26 bits per heavy atom. The van der Waals surface area contributed by atoms with E-state index in [1.54, 1.807) is 0 Å². The number of aryl methyl sites for hydroxylation is 1. The quantitative estimate of drug-likeness (QED) is 0.604. The van der Waals surface area contributed by atoms with Gasteiger partial charge in [-0.25, -0.2) is 4.79 Å².